The molecule has 7 heteroatoms. The summed E-state index contributed by atoms with van der Waals surface area (Å²) in [6.07, 6.45) is 1.41. The minimum atomic E-state index is -3.67. The highest BCUT2D eigenvalue weighted by Gasteiger charge is 2.35. The standard InChI is InChI=1S/C14H20N2O4S/c1-10-5-6-12(15-11(2)18)8-14(10)21(19,20)16-7-3-4-13(16)9-17/h5-6,8,13,17H,3-4,7,9H2,1-2H3,(H,15,18)/t13-/m1/s1. The number of carbonyl (C=O) groups is 1. The number of rotatable bonds is 4. The van der Waals surface area contributed by atoms with E-state index in [9.17, 15) is 18.3 Å². The van der Waals surface area contributed by atoms with Crippen molar-refractivity contribution in [3.8, 4) is 0 Å². The molecule has 0 unspecified atom stereocenters. The summed E-state index contributed by atoms with van der Waals surface area (Å²) in [5, 5.41) is 11.9. The van der Waals surface area contributed by atoms with Crippen molar-refractivity contribution < 1.29 is 18.3 Å². The molecule has 21 heavy (non-hydrogen) atoms. The van der Waals surface area contributed by atoms with E-state index in [1.165, 1.54) is 17.3 Å². The maximum absolute atomic E-state index is 12.8. The molecule has 2 rings (SSSR count). The van der Waals surface area contributed by atoms with Gasteiger partial charge < -0.3 is 10.4 Å². The van der Waals surface area contributed by atoms with E-state index in [4.69, 9.17) is 0 Å². The molecule has 0 radical (unpaired) electrons. The average molecular weight is 312 g/mol. The Hall–Kier alpha value is -1.44. The van der Waals surface area contributed by atoms with E-state index in [1.807, 2.05) is 0 Å². The molecular formula is C14H20N2O4S. The molecule has 6 nitrogen and oxygen atoms in total. The van der Waals surface area contributed by atoms with Crippen LogP contribution in [-0.4, -0.2) is 42.9 Å². The van der Waals surface area contributed by atoms with E-state index in [1.54, 1.807) is 19.1 Å². The van der Waals surface area contributed by atoms with Crippen molar-refractivity contribution in [2.75, 3.05) is 18.5 Å². The number of hydrogen-bond acceptors (Lipinski definition) is 4. The predicted molar refractivity (Wildman–Crippen MR) is 79.5 cm³/mol. The van der Waals surface area contributed by atoms with Crippen LogP contribution in [-0.2, 0) is 14.8 Å². The smallest absolute Gasteiger partial charge is 0.243 e. The number of aliphatic hydroxyl groups excluding tert-OH is 1. The minimum absolute atomic E-state index is 0.175. The highest BCUT2D eigenvalue weighted by atomic mass is 32.2. The Morgan fingerprint density at radius 1 is 1.48 bits per heavy atom. The summed E-state index contributed by atoms with van der Waals surface area (Å²) in [5.74, 6) is -0.253. The summed E-state index contributed by atoms with van der Waals surface area (Å²) < 4.78 is 26.9. The minimum Gasteiger partial charge on any atom is -0.395 e. The van der Waals surface area contributed by atoms with Gasteiger partial charge in [0.1, 0.15) is 0 Å². The van der Waals surface area contributed by atoms with Gasteiger partial charge in [0, 0.05) is 25.2 Å². The van der Waals surface area contributed by atoms with E-state index in [2.05, 4.69) is 5.32 Å². The fourth-order valence-electron chi connectivity index (χ4n) is 2.59. The molecule has 1 aromatic carbocycles. The van der Waals surface area contributed by atoms with Crippen LogP contribution in [0.2, 0.25) is 0 Å². The normalized spacial score (nSPS) is 19.7. The molecule has 2 N–H and O–H groups in total. The summed E-state index contributed by atoms with van der Waals surface area (Å²) in [6.45, 7) is 3.33. The molecule has 1 aliphatic rings. The molecule has 116 valence electrons. The first-order valence-electron chi connectivity index (χ1n) is 6.87. The van der Waals surface area contributed by atoms with Gasteiger partial charge in [-0.15, -0.1) is 0 Å². The Kier molecular flexibility index (Phi) is 4.65. The van der Waals surface area contributed by atoms with Gasteiger partial charge in [-0.2, -0.15) is 4.31 Å². The van der Waals surface area contributed by atoms with Gasteiger partial charge in [-0.1, -0.05) is 6.07 Å². The number of nitrogens with one attached hydrogen (secondary N) is 1. The van der Waals surface area contributed by atoms with Crippen LogP contribution in [0.1, 0.15) is 25.3 Å². The maximum atomic E-state index is 12.8. The highest BCUT2D eigenvalue weighted by molar-refractivity contribution is 7.89. The molecule has 0 aromatic heterocycles. The number of amides is 1. The molecular weight excluding hydrogens is 292 g/mol. The van der Waals surface area contributed by atoms with Crippen molar-refractivity contribution in [3.63, 3.8) is 0 Å². The Morgan fingerprint density at radius 3 is 2.81 bits per heavy atom. The molecule has 1 amide bonds. The van der Waals surface area contributed by atoms with Crippen molar-refractivity contribution in [3.05, 3.63) is 23.8 Å². The van der Waals surface area contributed by atoms with Crippen molar-refractivity contribution in [2.24, 2.45) is 0 Å². The fourth-order valence-corrected chi connectivity index (χ4v) is 4.53. The molecule has 1 fully saturated rings. The monoisotopic (exact) mass is 312 g/mol. The largest absolute Gasteiger partial charge is 0.395 e. The van der Waals surface area contributed by atoms with Gasteiger partial charge in [-0.3, -0.25) is 4.79 Å². The summed E-state index contributed by atoms with van der Waals surface area (Å²) in [7, 11) is -3.67. The number of aryl methyl sites for hydroxylation is 1. The van der Waals surface area contributed by atoms with Crippen molar-refractivity contribution in [2.45, 2.75) is 37.6 Å². The molecule has 0 saturated carbocycles. The van der Waals surface area contributed by atoms with Gasteiger partial charge in [-0.25, -0.2) is 8.42 Å². The van der Waals surface area contributed by atoms with E-state index < -0.39 is 10.0 Å². The lowest BCUT2D eigenvalue weighted by atomic mass is 10.2. The van der Waals surface area contributed by atoms with Gasteiger partial charge in [-0.05, 0) is 37.5 Å². The number of carbonyl (C=O) groups excluding carboxylic acids is 1. The molecule has 1 aromatic rings. The van der Waals surface area contributed by atoms with Crippen LogP contribution in [0.3, 0.4) is 0 Å². The number of sulfonamides is 1. The van der Waals surface area contributed by atoms with Crippen molar-refractivity contribution in [1.29, 1.82) is 0 Å². The number of nitrogens with zero attached hydrogens (tertiary/aromatic N) is 1. The SMILES string of the molecule is CC(=O)Nc1ccc(C)c(S(=O)(=O)N2CCC[C@@H]2CO)c1. The first-order chi connectivity index (χ1) is 9.86. The van der Waals surface area contributed by atoms with Crippen molar-refractivity contribution in [1.82, 2.24) is 4.31 Å². The first-order valence-corrected chi connectivity index (χ1v) is 8.31. The number of benzene rings is 1. The first kappa shape index (κ1) is 15.9. The topological polar surface area (TPSA) is 86.7 Å². The molecule has 1 saturated heterocycles. The Morgan fingerprint density at radius 2 is 2.19 bits per heavy atom. The van der Waals surface area contributed by atoms with Crippen LogP contribution in [0.4, 0.5) is 5.69 Å². The Bertz CT molecular complexity index is 642. The lowest BCUT2D eigenvalue weighted by molar-refractivity contribution is -0.114. The summed E-state index contributed by atoms with van der Waals surface area (Å²) >= 11 is 0. The molecule has 1 atom stereocenters. The van der Waals surface area contributed by atoms with Crippen LogP contribution in [0, 0.1) is 6.92 Å². The van der Waals surface area contributed by atoms with Gasteiger partial charge >= 0.3 is 0 Å². The van der Waals surface area contributed by atoms with E-state index in [0.717, 1.165) is 6.42 Å². The molecule has 1 heterocycles. The number of hydrogen-bond donors (Lipinski definition) is 2. The Balaban J connectivity index is 2.41. The highest BCUT2D eigenvalue weighted by Crippen LogP contribution is 2.29. The second kappa shape index (κ2) is 6.13. The van der Waals surface area contributed by atoms with E-state index >= 15 is 0 Å². The van der Waals surface area contributed by atoms with Crippen LogP contribution in [0.15, 0.2) is 23.1 Å². The third kappa shape index (κ3) is 3.25. The van der Waals surface area contributed by atoms with Gasteiger partial charge in [0.15, 0.2) is 0 Å². The molecule has 1 aliphatic heterocycles. The van der Waals surface area contributed by atoms with Crippen molar-refractivity contribution >= 4 is 21.6 Å². The summed E-state index contributed by atoms with van der Waals surface area (Å²) in [4.78, 5) is 11.3. The maximum Gasteiger partial charge on any atom is 0.243 e. The quantitative estimate of drug-likeness (QED) is 0.871. The molecule has 0 aliphatic carbocycles. The third-order valence-corrected chi connectivity index (χ3v) is 5.72. The number of aliphatic hydroxyl groups is 1. The zero-order valence-electron chi connectivity index (χ0n) is 12.2. The third-order valence-electron chi connectivity index (χ3n) is 3.63. The van der Waals surface area contributed by atoms with Gasteiger partial charge in [0.2, 0.25) is 15.9 Å². The average Bonchev–Trinajstić information content (AvgIpc) is 2.89. The summed E-state index contributed by atoms with van der Waals surface area (Å²) in [5.41, 5.74) is 1.07. The summed E-state index contributed by atoms with van der Waals surface area (Å²) in [6, 6.07) is 4.45. The molecule has 0 bridgehead atoms. The van der Waals surface area contributed by atoms with E-state index in [-0.39, 0.29) is 23.5 Å². The number of anilines is 1. The van der Waals surface area contributed by atoms with Crippen LogP contribution < -0.4 is 5.32 Å². The predicted octanol–water partition coefficient (Wildman–Crippen LogP) is 1.10. The zero-order chi connectivity index (χ0) is 15.6. The lowest BCUT2D eigenvalue weighted by Gasteiger charge is -2.23. The zero-order valence-corrected chi connectivity index (χ0v) is 13.0. The van der Waals surface area contributed by atoms with Crippen LogP contribution in [0.5, 0.6) is 0 Å². The Labute approximate surface area is 124 Å². The lowest BCUT2D eigenvalue weighted by Crippen LogP contribution is -2.37. The van der Waals surface area contributed by atoms with E-state index in [0.29, 0.717) is 24.2 Å². The second-order valence-corrected chi connectivity index (χ2v) is 7.11. The van der Waals surface area contributed by atoms with Crippen LogP contribution >= 0.6 is 0 Å². The van der Waals surface area contributed by atoms with Gasteiger partial charge in [0.05, 0.1) is 11.5 Å². The van der Waals surface area contributed by atoms with Crippen LogP contribution in [0.25, 0.3) is 0 Å². The fraction of sp³-hybridized carbons (Fsp3) is 0.500. The molecule has 0 spiro atoms. The van der Waals surface area contributed by atoms with Gasteiger partial charge in [0.25, 0.3) is 0 Å². The second-order valence-electron chi connectivity index (χ2n) is 5.26.